The van der Waals surface area contributed by atoms with Crippen LogP contribution in [0.3, 0.4) is 0 Å². The zero-order valence-corrected chi connectivity index (χ0v) is 10.2. The zero-order valence-electron chi connectivity index (χ0n) is 9.43. The lowest BCUT2D eigenvalue weighted by molar-refractivity contribution is 0.281. The highest BCUT2D eigenvalue weighted by atomic mass is 32.2. The Hall–Kier alpha value is -1.83. The van der Waals surface area contributed by atoms with Crippen LogP contribution in [0.4, 0.5) is 4.39 Å². The van der Waals surface area contributed by atoms with Gasteiger partial charge in [0.25, 0.3) is 0 Å². The number of nitrogens with zero attached hydrogens (tertiary/aromatic N) is 1. The van der Waals surface area contributed by atoms with Crippen LogP contribution in [0, 0.1) is 17.1 Å². The smallest absolute Gasteiger partial charge is 0.124 e. The van der Waals surface area contributed by atoms with Crippen molar-refractivity contribution >= 4 is 11.8 Å². The minimum absolute atomic E-state index is 0.0976. The summed E-state index contributed by atoms with van der Waals surface area (Å²) in [5, 5.41) is 18.1. The first kappa shape index (κ1) is 12.6. The van der Waals surface area contributed by atoms with E-state index in [1.54, 1.807) is 30.3 Å². The first-order chi connectivity index (χ1) is 8.72. The van der Waals surface area contributed by atoms with E-state index < -0.39 is 0 Å². The second-order valence-corrected chi connectivity index (χ2v) is 4.78. The molecule has 0 aromatic heterocycles. The number of aliphatic hydroxyl groups excluding tert-OH is 1. The highest BCUT2D eigenvalue weighted by molar-refractivity contribution is 7.99. The maximum Gasteiger partial charge on any atom is 0.124 e. The van der Waals surface area contributed by atoms with Crippen LogP contribution >= 0.6 is 11.8 Å². The van der Waals surface area contributed by atoms with Crippen molar-refractivity contribution in [3.8, 4) is 6.07 Å². The molecule has 2 aromatic rings. The van der Waals surface area contributed by atoms with Crippen LogP contribution in [-0.2, 0) is 6.61 Å². The average Bonchev–Trinajstić information content (AvgIpc) is 2.39. The number of hydrogen-bond donors (Lipinski definition) is 1. The fourth-order valence-electron chi connectivity index (χ4n) is 1.51. The SMILES string of the molecule is N#Cc1cc(CO)ccc1Sc1cccc(F)c1. The Balaban J connectivity index is 2.32. The van der Waals surface area contributed by atoms with Gasteiger partial charge in [0.15, 0.2) is 0 Å². The zero-order chi connectivity index (χ0) is 13.0. The lowest BCUT2D eigenvalue weighted by Gasteiger charge is -2.05. The van der Waals surface area contributed by atoms with Gasteiger partial charge >= 0.3 is 0 Å². The summed E-state index contributed by atoms with van der Waals surface area (Å²) in [6.07, 6.45) is 0. The quantitative estimate of drug-likeness (QED) is 0.919. The minimum Gasteiger partial charge on any atom is -0.392 e. The summed E-state index contributed by atoms with van der Waals surface area (Å²) in [7, 11) is 0. The van der Waals surface area contributed by atoms with Crippen molar-refractivity contribution in [3.63, 3.8) is 0 Å². The summed E-state index contributed by atoms with van der Waals surface area (Å²) < 4.78 is 13.1. The monoisotopic (exact) mass is 259 g/mol. The Morgan fingerprint density at radius 1 is 1.22 bits per heavy atom. The third-order valence-electron chi connectivity index (χ3n) is 2.37. The molecule has 0 unspecified atom stereocenters. The lowest BCUT2D eigenvalue weighted by atomic mass is 10.1. The molecule has 0 aliphatic heterocycles. The molecule has 4 heteroatoms. The molecule has 1 N–H and O–H groups in total. The van der Waals surface area contributed by atoms with Gasteiger partial charge in [-0.25, -0.2) is 4.39 Å². The van der Waals surface area contributed by atoms with Gasteiger partial charge in [-0.2, -0.15) is 5.26 Å². The standard InChI is InChI=1S/C14H10FNOS/c15-12-2-1-3-13(7-12)18-14-5-4-10(9-17)6-11(14)8-16/h1-7,17H,9H2. The number of hydrogen-bond acceptors (Lipinski definition) is 3. The first-order valence-corrected chi connectivity index (χ1v) is 6.12. The van der Waals surface area contributed by atoms with Gasteiger partial charge in [0, 0.05) is 9.79 Å². The normalized spacial score (nSPS) is 10.1. The summed E-state index contributed by atoms with van der Waals surface area (Å²) in [6, 6.07) is 13.5. The molecule has 0 radical (unpaired) electrons. The first-order valence-electron chi connectivity index (χ1n) is 5.30. The van der Waals surface area contributed by atoms with Crippen molar-refractivity contribution in [2.45, 2.75) is 16.4 Å². The van der Waals surface area contributed by atoms with Gasteiger partial charge in [0.2, 0.25) is 0 Å². The molecule has 2 aromatic carbocycles. The van der Waals surface area contributed by atoms with Crippen LogP contribution in [0.1, 0.15) is 11.1 Å². The Morgan fingerprint density at radius 3 is 2.72 bits per heavy atom. The third-order valence-corrected chi connectivity index (χ3v) is 3.44. The van der Waals surface area contributed by atoms with Gasteiger partial charge in [-0.15, -0.1) is 0 Å². The van der Waals surface area contributed by atoms with Crippen LogP contribution in [0.5, 0.6) is 0 Å². The molecule has 0 saturated heterocycles. The summed E-state index contributed by atoms with van der Waals surface area (Å²) in [4.78, 5) is 1.49. The molecule has 0 amide bonds. The maximum atomic E-state index is 13.1. The second-order valence-electron chi connectivity index (χ2n) is 3.66. The van der Waals surface area contributed by atoms with Gasteiger partial charge in [0.1, 0.15) is 11.9 Å². The number of rotatable bonds is 3. The van der Waals surface area contributed by atoms with Crippen LogP contribution in [-0.4, -0.2) is 5.11 Å². The van der Waals surface area contributed by atoms with Crippen molar-refractivity contribution in [1.82, 2.24) is 0 Å². The van der Waals surface area contributed by atoms with Crippen molar-refractivity contribution in [2.75, 3.05) is 0 Å². The summed E-state index contributed by atoms with van der Waals surface area (Å²) in [6.45, 7) is -0.0976. The summed E-state index contributed by atoms with van der Waals surface area (Å²) >= 11 is 1.33. The minimum atomic E-state index is -0.300. The molecule has 0 heterocycles. The van der Waals surface area contributed by atoms with Crippen LogP contribution in [0.2, 0.25) is 0 Å². The Kier molecular flexibility index (Phi) is 3.98. The summed E-state index contributed by atoms with van der Waals surface area (Å²) in [5.41, 5.74) is 1.17. The molecule has 90 valence electrons. The lowest BCUT2D eigenvalue weighted by Crippen LogP contribution is -1.87. The van der Waals surface area contributed by atoms with Gasteiger partial charge < -0.3 is 5.11 Å². The number of benzene rings is 2. The second kappa shape index (κ2) is 5.67. The summed E-state index contributed by atoms with van der Waals surface area (Å²) in [5.74, 6) is -0.300. The molecule has 0 bridgehead atoms. The molecule has 2 nitrogen and oxygen atoms in total. The molecular formula is C14H10FNOS. The largest absolute Gasteiger partial charge is 0.392 e. The fourth-order valence-corrected chi connectivity index (χ4v) is 2.43. The van der Waals surface area contributed by atoms with E-state index in [0.29, 0.717) is 11.1 Å². The van der Waals surface area contributed by atoms with Crippen molar-refractivity contribution < 1.29 is 9.50 Å². The van der Waals surface area contributed by atoms with Gasteiger partial charge in [-0.05, 0) is 35.9 Å². The molecule has 0 aliphatic carbocycles. The topological polar surface area (TPSA) is 44.0 Å². The highest BCUT2D eigenvalue weighted by Gasteiger charge is 2.06. The number of halogens is 1. The van der Waals surface area contributed by atoms with Crippen LogP contribution in [0.15, 0.2) is 52.3 Å². The molecule has 0 fully saturated rings. The molecule has 0 atom stereocenters. The Labute approximate surface area is 109 Å². The van der Waals surface area contributed by atoms with E-state index >= 15 is 0 Å². The molecule has 2 rings (SSSR count). The molecular weight excluding hydrogens is 249 g/mol. The van der Waals surface area contributed by atoms with E-state index in [1.165, 1.54) is 23.9 Å². The van der Waals surface area contributed by atoms with Gasteiger partial charge in [-0.1, -0.05) is 23.9 Å². The predicted molar refractivity (Wildman–Crippen MR) is 67.6 cm³/mol. The van der Waals surface area contributed by atoms with Crippen molar-refractivity contribution in [1.29, 1.82) is 5.26 Å². The fraction of sp³-hybridized carbons (Fsp3) is 0.0714. The van der Waals surface area contributed by atoms with E-state index in [4.69, 9.17) is 10.4 Å². The maximum absolute atomic E-state index is 13.1. The van der Waals surface area contributed by atoms with E-state index in [0.717, 1.165) is 9.79 Å². The van der Waals surface area contributed by atoms with E-state index in [-0.39, 0.29) is 12.4 Å². The Bertz CT molecular complexity index is 607. The molecule has 18 heavy (non-hydrogen) atoms. The number of aliphatic hydroxyl groups is 1. The van der Waals surface area contributed by atoms with Crippen LogP contribution < -0.4 is 0 Å². The molecule has 0 aliphatic rings. The van der Waals surface area contributed by atoms with E-state index in [1.807, 2.05) is 0 Å². The van der Waals surface area contributed by atoms with E-state index in [9.17, 15) is 4.39 Å². The van der Waals surface area contributed by atoms with Gasteiger partial charge in [-0.3, -0.25) is 0 Å². The van der Waals surface area contributed by atoms with E-state index in [2.05, 4.69) is 6.07 Å². The molecule has 0 spiro atoms. The average molecular weight is 259 g/mol. The van der Waals surface area contributed by atoms with Crippen LogP contribution in [0.25, 0.3) is 0 Å². The van der Waals surface area contributed by atoms with Gasteiger partial charge in [0.05, 0.1) is 12.2 Å². The molecule has 0 saturated carbocycles. The number of nitriles is 1. The highest BCUT2D eigenvalue weighted by Crippen LogP contribution is 2.31. The predicted octanol–water partition coefficient (Wildman–Crippen LogP) is 3.34. The third kappa shape index (κ3) is 2.89. The Morgan fingerprint density at radius 2 is 2.06 bits per heavy atom. The van der Waals surface area contributed by atoms with Crippen molar-refractivity contribution in [3.05, 3.63) is 59.4 Å². The van der Waals surface area contributed by atoms with Crippen molar-refractivity contribution in [2.24, 2.45) is 0 Å².